The molecule has 0 fully saturated rings. The Morgan fingerprint density at radius 2 is 2.42 bits per heavy atom. The summed E-state index contributed by atoms with van der Waals surface area (Å²) in [6, 6.07) is 4.06. The molecule has 1 atom stereocenters. The van der Waals surface area contributed by atoms with Gasteiger partial charge in [0.05, 0.1) is 16.9 Å². The molecule has 19 heavy (non-hydrogen) atoms. The van der Waals surface area contributed by atoms with E-state index < -0.39 is 0 Å². The zero-order valence-corrected chi connectivity index (χ0v) is 10.4. The predicted octanol–water partition coefficient (Wildman–Crippen LogP) is 1.14. The first-order valence-electron chi connectivity index (χ1n) is 6.26. The van der Waals surface area contributed by atoms with E-state index in [4.69, 9.17) is 5.11 Å². The lowest BCUT2D eigenvalue weighted by molar-refractivity contribution is 0.271. The van der Waals surface area contributed by atoms with E-state index in [9.17, 15) is 4.79 Å². The van der Waals surface area contributed by atoms with Crippen LogP contribution >= 0.6 is 0 Å². The summed E-state index contributed by atoms with van der Waals surface area (Å²) in [6.07, 6.45) is 3.63. The van der Waals surface area contributed by atoms with Gasteiger partial charge in [0.25, 0.3) is 5.56 Å². The van der Waals surface area contributed by atoms with Crippen LogP contribution in [0.15, 0.2) is 29.7 Å². The molecule has 0 saturated carbocycles. The molecular formula is C14H15N3O2. The van der Waals surface area contributed by atoms with Gasteiger partial charge >= 0.3 is 0 Å². The van der Waals surface area contributed by atoms with Crippen molar-refractivity contribution in [1.29, 1.82) is 0 Å². The van der Waals surface area contributed by atoms with E-state index in [-0.39, 0.29) is 18.2 Å². The van der Waals surface area contributed by atoms with Crippen molar-refractivity contribution in [2.24, 2.45) is 0 Å². The average molecular weight is 257 g/mol. The van der Waals surface area contributed by atoms with Crippen molar-refractivity contribution in [3.8, 4) is 0 Å². The molecule has 1 aromatic heterocycles. The Hall–Kier alpha value is -2.14. The summed E-state index contributed by atoms with van der Waals surface area (Å²) >= 11 is 0. The van der Waals surface area contributed by atoms with Crippen LogP contribution in [0.3, 0.4) is 0 Å². The first-order chi connectivity index (χ1) is 9.22. The fourth-order valence-electron chi connectivity index (χ4n) is 2.68. The van der Waals surface area contributed by atoms with Gasteiger partial charge in [0.2, 0.25) is 0 Å². The van der Waals surface area contributed by atoms with Gasteiger partial charge in [-0.15, -0.1) is 0 Å². The molecule has 1 aromatic carbocycles. The van der Waals surface area contributed by atoms with E-state index >= 15 is 0 Å². The van der Waals surface area contributed by atoms with Gasteiger partial charge < -0.3 is 15.4 Å². The number of aliphatic hydroxyl groups is 1. The Morgan fingerprint density at radius 1 is 1.58 bits per heavy atom. The lowest BCUT2D eigenvalue weighted by Crippen LogP contribution is -2.14. The molecule has 1 unspecified atom stereocenters. The monoisotopic (exact) mass is 257 g/mol. The fourth-order valence-corrected chi connectivity index (χ4v) is 2.68. The van der Waals surface area contributed by atoms with Crippen molar-refractivity contribution in [3.05, 3.63) is 52.2 Å². The van der Waals surface area contributed by atoms with E-state index in [0.717, 1.165) is 18.4 Å². The fraction of sp³-hybridized carbons (Fsp3) is 0.286. The number of nitrogens with one attached hydrogen (secondary N) is 2. The summed E-state index contributed by atoms with van der Waals surface area (Å²) in [7, 11) is 0. The normalized spacial score (nSPS) is 17.4. The number of benzene rings is 1. The highest BCUT2D eigenvalue weighted by molar-refractivity contribution is 5.80. The van der Waals surface area contributed by atoms with Crippen LogP contribution in [0.2, 0.25) is 0 Å². The number of hydrogen-bond acceptors (Lipinski definition) is 4. The molecule has 0 radical (unpaired) electrons. The Morgan fingerprint density at radius 3 is 3.16 bits per heavy atom. The second-order valence-corrected chi connectivity index (χ2v) is 4.70. The summed E-state index contributed by atoms with van der Waals surface area (Å²) in [5, 5.41) is 12.8. The summed E-state index contributed by atoms with van der Waals surface area (Å²) in [5.41, 5.74) is 2.78. The molecule has 0 spiro atoms. The second-order valence-electron chi connectivity index (χ2n) is 4.70. The summed E-state index contributed by atoms with van der Waals surface area (Å²) in [6.45, 7) is 3.42. The summed E-state index contributed by atoms with van der Waals surface area (Å²) in [5.74, 6) is 0.302. The van der Waals surface area contributed by atoms with Gasteiger partial charge in [-0.2, -0.15) is 0 Å². The number of hydrogen-bond donors (Lipinski definition) is 3. The van der Waals surface area contributed by atoms with Crippen molar-refractivity contribution < 1.29 is 5.11 Å². The van der Waals surface area contributed by atoms with E-state index in [0.29, 0.717) is 16.7 Å². The van der Waals surface area contributed by atoms with Crippen molar-refractivity contribution >= 4 is 10.9 Å². The third kappa shape index (κ3) is 1.92. The minimum absolute atomic E-state index is 0.207. The summed E-state index contributed by atoms with van der Waals surface area (Å²) in [4.78, 5) is 18.8. The van der Waals surface area contributed by atoms with Crippen molar-refractivity contribution in [2.75, 3.05) is 0 Å². The van der Waals surface area contributed by atoms with Crippen LogP contribution in [-0.4, -0.2) is 15.1 Å². The van der Waals surface area contributed by atoms with Gasteiger partial charge in [0, 0.05) is 0 Å². The van der Waals surface area contributed by atoms with E-state index in [1.54, 1.807) is 6.20 Å². The van der Waals surface area contributed by atoms with Gasteiger partial charge in [-0.05, 0) is 42.3 Å². The smallest absolute Gasteiger partial charge is 0.258 e. The molecule has 3 rings (SSSR count). The van der Waals surface area contributed by atoms with E-state index in [2.05, 4.69) is 21.9 Å². The molecular weight excluding hydrogens is 242 g/mol. The average Bonchev–Trinajstić information content (AvgIpc) is 2.79. The lowest BCUT2D eigenvalue weighted by atomic mass is 10.1. The number of H-pyrrole nitrogens is 1. The molecule has 1 aliphatic carbocycles. The third-order valence-corrected chi connectivity index (χ3v) is 3.56. The molecule has 1 aliphatic rings. The Bertz CT molecular complexity index is 706. The lowest BCUT2D eigenvalue weighted by Gasteiger charge is -2.12. The van der Waals surface area contributed by atoms with Gasteiger partial charge in [-0.1, -0.05) is 6.58 Å². The molecule has 0 amide bonds. The van der Waals surface area contributed by atoms with E-state index in [1.165, 1.54) is 5.56 Å². The summed E-state index contributed by atoms with van der Waals surface area (Å²) < 4.78 is 0. The minimum atomic E-state index is -0.261. The first-order valence-corrected chi connectivity index (χ1v) is 6.26. The Balaban J connectivity index is 2.20. The molecule has 0 aliphatic heterocycles. The molecule has 2 aromatic rings. The van der Waals surface area contributed by atoms with Gasteiger partial charge in [0.15, 0.2) is 0 Å². The highest BCUT2D eigenvalue weighted by Crippen LogP contribution is 2.33. The Kier molecular flexibility index (Phi) is 2.83. The Labute approximate surface area is 110 Å². The highest BCUT2D eigenvalue weighted by atomic mass is 16.3. The molecule has 98 valence electrons. The largest absolute Gasteiger partial charge is 0.388 e. The number of fused-ring (bicyclic) bond motifs is 2. The number of aliphatic hydroxyl groups excluding tert-OH is 1. The quantitative estimate of drug-likeness (QED) is 0.770. The molecule has 5 nitrogen and oxygen atoms in total. The standard InChI is InChI=1S/C14H15N3O2/c1-2-15-11-4-3-8-5-12-10(6-9(8)11)14(19)17-13(7-18)16-12/h2,5-6,11,15,18H,1,3-4,7H2,(H,16,17,19). The maximum atomic E-state index is 12.0. The highest BCUT2D eigenvalue weighted by Gasteiger charge is 2.22. The van der Waals surface area contributed by atoms with Crippen LogP contribution in [0.4, 0.5) is 0 Å². The maximum Gasteiger partial charge on any atom is 0.258 e. The number of aromatic amines is 1. The van der Waals surface area contributed by atoms with Crippen molar-refractivity contribution in [1.82, 2.24) is 15.3 Å². The maximum absolute atomic E-state index is 12.0. The van der Waals surface area contributed by atoms with Crippen LogP contribution in [0.5, 0.6) is 0 Å². The number of rotatable bonds is 3. The number of aryl methyl sites for hydroxylation is 1. The minimum Gasteiger partial charge on any atom is -0.388 e. The predicted molar refractivity (Wildman–Crippen MR) is 72.7 cm³/mol. The van der Waals surface area contributed by atoms with Crippen LogP contribution in [0.25, 0.3) is 10.9 Å². The van der Waals surface area contributed by atoms with Gasteiger partial charge in [-0.3, -0.25) is 4.79 Å². The molecule has 0 bridgehead atoms. The number of nitrogens with zero attached hydrogens (tertiary/aromatic N) is 1. The second kappa shape index (κ2) is 4.51. The number of aromatic nitrogens is 2. The van der Waals surface area contributed by atoms with Crippen molar-refractivity contribution in [2.45, 2.75) is 25.5 Å². The van der Waals surface area contributed by atoms with Gasteiger partial charge in [-0.25, -0.2) is 4.98 Å². The van der Waals surface area contributed by atoms with Crippen LogP contribution < -0.4 is 10.9 Å². The zero-order valence-electron chi connectivity index (χ0n) is 10.4. The SMILES string of the molecule is C=CNC1CCc2cc3nc(CO)[nH]c(=O)c3cc21. The van der Waals surface area contributed by atoms with E-state index in [1.807, 2.05) is 12.1 Å². The van der Waals surface area contributed by atoms with Crippen molar-refractivity contribution in [3.63, 3.8) is 0 Å². The first kappa shape index (κ1) is 11.9. The topological polar surface area (TPSA) is 78.0 Å². The third-order valence-electron chi connectivity index (χ3n) is 3.56. The zero-order chi connectivity index (χ0) is 13.4. The molecule has 5 heteroatoms. The molecule has 0 saturated heterocycles. The van der Waals surface area contributed by atoms with Crippen LogP contribution in [0.1, 0.15) is 29.4 Å². The van der Waals surface area contributed by atoms with Crippen LogP contribution in [0, 0.1) is 0 Å². The van der Waals surface area contributed by atoms with Crippen LogP contribution in [-0.2, 0) is 13.0 Å². The van der Waals surface area contributed by atoms with Gasteiger partial charge in [0.1, 0.15) is 12.4 Å². The molecule has 1 heterocycles. The molecule has 3 N–H and O–H groups in total.